The van der Waals surface area contributed by atoms with E-state index in [9.17, 15) is 9.59 Å². The van der Waals surface area contributed by atoms with Crippen molar-refractivity contribution in [1.29, 1.82) is 0 Å². The number of allylic oxidation sites excluding steroid dienone is 2. The van der Waals surface area contributed by atoms with Gasteiger partial charge in [0.2, 0.25) is 0 Å². The highest BCUT2D eigenvalue weighted by atomic mass is 16.1. The van der Waals surface area contributed by atoms with E-state index in [2.05, 4.69) is 0 Å². The Hall–Kier alpha value is -1.70. The maximum atomic E-state index is 12.4. The molecular weight excluding hydrogens is 248 g/mol. The van der Waals surface area contributed by atoms with Crippen molar-refractivity contribution in [2.45, 2.75) is 44.9 Å². The average molecular weight is 268 g/mol. The molecule has 0 aromatic heterocycles. The smallest absolute Gasteiger partial charge is 0.189 e. The number of hydrogen-bond donors (Lipinski definition) is 0. The van der Waals surface area contributed by atoms with E-state index >= 15 is 0 Å². The molecule has 1 aromatic carbocycles. The highest BCUT2D eigenvalue weighted by Crippen LogP contribution is 2.30. The van der Waals surface area contributed by atoms with Gasteiger partial charge in [-0.05, 0) is 24.8 Å². The number of rotatable bonds is 3. The zero-order valence-electron chi connectivity index (χ0n) is 11.7. The van der Waals surface area contributed by atoms with E-state index in [1.807, 2.05) is 12.1 Å². The number of carbonyl (C=O) groups is 2. The van der Waals surface area contributed by atoms with Gasteiger partial charge < -0.3 is 0 Å². The molecule has 2 aliphatic rings. The maximum absolute atomic E-state index is 12.4. The Morgan fingerprint density at radius 1 is 0.950 bits per heavy atom. The molecule has 1 fully saturated rings. The summed E-state index contributed by atoms with van der Waals surface area (Å²) in [5, 5.41) is 0. The molecule has 20 heavy (non-hydrogen) atoms. The molecular formula is C18H20O2. The summed E-state index contributed by atoms with van der Waals surface area (Å²) in [6.07, 6.45) is 9.92. The zero-order chi connectivity index (χ0) is 13.9. The van der Waals surface area contributed by atoms with Gasteiger partial charge >= 0.3 is 0 Å². The van der Waals surface area contributed by atoms with Crippen LogP contribution >= 0.6 is 0 Å². The minimum absolute atomic E-state index is 0.0150. The van der Waals surface area contributed by atoms with Crippen molar-refractivity contribution in [2.75, 3.05) is 0 Å². The van der Waals surface area contributed by atoms with Crippen molar-refractivity contribution < 1.29 is 9.59 Å². The van der Waals surface area contributed by atoms with Crippen LogP contribution in [-0.2, 0) is 0 Å². The van der Waals surface area contributed by atoms with Crippen LogP contribution in [0.2, 0.25) is 0 Å². The largest absolute Gasteiger partial charge is 0.289 e. The molecule has 2 nitrogen and oxygen atoms in total. The van der Waals surface area contributed by atoms with E-state index in [1.54, 1.807) is 18.2 Å². The third-order valence-corrected chi connectivity index (χ3v) is 4.58. The Morgan fingerprint density at radius 3 is 2.40 bits per heavy atom. The summed E-state index contributed by atoms with van der Waals surface area (Å²) in [5.74, 6) is 0.777. The molecule has 3 rings (SSSR count). The number of fused-ring (bicyclic) bond motifs is 1. The number of Topliss-reactive ketones (excluding diaryl/α,β-unsaturated/α-hetero) is 1. The third-order valence-electron chi connectivity index (χ3n) is 4.58. The van der Waals surface area contributed by atoms with Gasteiger partial charge in [-0.15, -0.1) is 0 Å². The first-order valence-electron chi connectivity index (χ1n) is 7.64. The summed E-state index contributed by atoms with van der Waals surface area (Å²) < 4.78 is 0. The Labute approximate surface area is 119 Å². The lowest BCUT2D eigenvalue weighted by Gasteiger charge is -2.22. The Balaban J connectivity index is 1.71. The SMILES string of the molecule is O=C1C=C(CCC2CCCCC2)C(=O)c2ccccc21. The number of ketones is 2. The van der Waals surface area contributed by atoms with Crippen molar-refractivity contribution in [3.63, 3.8) is 0 Å². The quantitative estimate of drug-likeness (QED) is 0.816. The fourth-order valence-corrected chi connectivity index (χ4v) is 3.39. The van der Waals surface area contributed by atoms with E-state index in [0.29, 0.717) is 16.7 Å². The monoisotopic (exact) mass is 268 g/mol. The number of hydrogen-bond acceptors (Lipinski definition) is 2. The van der Waals surface area contributed by atoms with Crippen LogP contribution in [0.5, 0.6) is 0 Å². The van der Waals surface area contributed by atoms with Gasteiger partial charge in [0.25, 0.3) is 0 Å². The Bertz CT molecular complexity index is 563. The van der Waals surface area contributed by atoms with Crippen molar-refractivity contribution in [3.05, 3.63) is 47.0 Å². The molecule has 2 aliphatic carbocycles. The van der Waals surface area contributed by atoms with Gasteiger partial charge in [-0.25, -0.2) is 0 Å². The number of benzene rings is 1. The van der Waals surface area contributed by atoms with Crippen LogP contribution in [0.3, 0.4) is 0 Å². The van der Waals surface area contributed by atoms with Crippen LogP contribution in [0.4, 0.5) is 0 Å². The third kappa shape index (κ3) is 2.60. The summed E-state index contributed by atoms with van der Waals surface area (Å²) in [4.78, 5) is 24.5. The summed E-state index contributed by atoms with van der Waals surface area (Å²) in [7, 11) is 0. The first-order valence-corrected chi connectivity index (χ1v) is 7.64. The molecule has 0 atom stereocenters. The van der Waals surface area contributed by atoms with Crippen molar-refractivity contribution >= 4 is 11.6 Å². The summed E-state index contributed by atoms with van der Waals surface area (Å²) in [6, 6.07) is 7.14. The lowest BCUT2D eigenvalue weighted by Crippen LogP contribution is -2.17. The minimum Gasteiger partial charge on any atom is -0.289 e. The minimum atomic E-state index is -0.0150. The molecule has 0 bridgehead atoms. The van der Waals surface area contributed by atoms with Crippen LogP contribution in [0.25, 0.3) is 0 Å². The first kappa shape index (κ1) is 13.3. The van der Waals surface area contributed by atoms with Gasteiger partial charge in [-0.2, -0.15) is 0 Å². The van der Waals surface area contributed by atoms with Crippen LogP contribution in [0.1, 0.15) is 65.7 Å². The van der Waals surface area contributed by atoms with Crippen molar-refractivity contribution in [3.8, 4) is 0 Å². The van der Waals surface area contributed by atoms with Gasteiger partial charge in [0, 0.05) is 16.7 Å². The molecule has 2 heteroatoms. The zero-order valence-corrected chi connectivity index (χ0v) is 11.7. The molecule has 104 valence electrons. The lowest BCUT2D eigenvalue weighted by molar-refractivity contribution is 0.0980. The molecule has 0 saturated heterocycles. The second kappa shape index (κ2) is 5.74. The predicted octanol–water partition coefficient (Wildman–Crippen LogP) is 4.35. The van der Waals surface area contributed by atoms with Crippen molar-refractivity contribution in [2.24, 2.45) is 5.92 Å². The molecule has 1 saturated carbocycles. The van der Waals surface area contributed by atoms with Gasteiger partial charge in [-0.1, -0.05) is 56.4 Å². The van der Waals surface area contributed by atoms with Crippen LogP contribution in [-0.4, -0.2) is 11.6 Å². The maximum Gasteiger partial charge on any atom is 0.189 e. The molecule has 0 heterocycles. The molecule has 0 radical (unpaired) electrons. The summed E-state index contributed by atoms with van der Waals surface area (Å²) in [6.45, 7) is 0. The fourth-order valence-electron chi connectivity index (χ4n) is 3.39. The predicted molar refractivity (Wildman–Crippen MR) is 79.0 cm³/mol. The summed E-state index contributed by atoms with van der Waals surface area (Å²) in [5.41, 5.74) is 1.84. The number of carbonyl (C=O) groups excluding carboxylic acids is 2. The van der Waals surface area contributed by atoms with E-state index in [-0.39, 0.29) is 11.6 Å². The second-order valence-electron chi connectivity index (χ2n) is 5.95. The van der Waals surface area contributed by atoms with Gasteiger partial charge in [0.15, 0.2) is 11.6 Å². The summed E-state index contributed by atoms with van der Waals surface area (Å²) >= 11 is 0. The highest BCUT2D eigenvalue weighted by Gasteiger charge is 2.25. The molecule has 0 aliphatic heterocycles. The van der Waals surface area contributed by atoms with E-state index in [0.717, 1.165) is 18.8 Å². The van der Waals surface area contributed by atoms with E-state index in [1.165, 1.54) is 32.1 Å². The van der Waals surface area contributed by atoms with Crippen LogP contribution in [0, 0.1) is 5.92 Å². The molecule has 0 amide bonds. The average Bonchev–Trinajstić information content (AvgIpc) is 2.50. The lowest BCUT2D eigenvalue weighted by atomic mass is 9.82. The van der Waals surface area contributed by atoms with Gasteiger partial charge in [0.05, 0.1) is 0 Å². The topological polar surface area (TPSA) is 34.1 Å². The van der Waals surface area contributed by atoms with Crippen LogP contribution in [0.15, 0.2) is 35.9 Å². The molecule has 0 spiro atoms. The van der Waals surface area contributed by atoms with Gasteiger partial charge in [-0.3, -0.25) is 9.59 Å². The molecule has 0 unspecified atom stereocenters. The van der Waals surface area contributed by atoms with Crippen LogP contribution < -0.4 is 0 Å². The fraction of sp³-hybridized carbons (Fsp3) is 0.444. The first-order chi connectivity index (χ1) is 9.75. The highest BCUT2D eigenvalue weighted by molar-refractivity contribution is 6.24. The Morgan fingerprint density at radius 2 is 1.65 bits per heavy atom. The van der Waals surface area contributed by atoms with E-state index < -0.39 is 0 Å². The normalized spacial score (nSPS) is 19.7. The standard InChI is InChI=1S/C18H20O2/c19-17-12-14(11-10-13-6-2-1-3-7-13)18(20)16-9-5-4-8-15(16)17/h4-5,8-9,12-13H,1-3,6-7,10-11H2. The Kier molecular flexibility index (Phi) is 3.81. The molecule has 1 aromatic rings. The molecule has 0 N–H and O–H groups in total. The van der Waals surface area contributed by atoms with Gasteiger partial charge in [0.1, 0.15) is 0 Å². The van der Waals surface area contributed by atoms with E-state index in [4.69, 9.17) is 0 Å². The second-order valence-corrected chi connectivity index (χ2v) is 5.95. The van der Waals surface area contributed by atoms with Crippen molar-refractivity contribution in [1.82, 2.24) is 0 Å².